The molecule has 0 bridgehead atoms. The van der Waals surface area contributed by atoms with Gasteiger partial charge in [0.1, 0.15) is 23.6 Å². The Kier molecular flexibility index (Phi) is 10.6. The SMILES string of the molecule is C=CC(=O)Nc1cc(Nc2cc(N3OCCC3c3cccc(OC)c3)ncn2)c(OC)cc1N1CCC(N2CCN(C(C)C)CC2)CC1. The number of methoxy groups -OCH3 is 2. The molecule has 3 saturated heterocycles. The number of nitrogens with one attached hydrogen (secondary N) is 2. The number of anilines is 5. The van der Waals surface area contributed by atoms with Crippen LogP contribution < -0.4 is 30.1 Å². The maximum atomic E-state index is 12.6. The Morgan fingerprint density at radius 2 is 1.77 bits per heavy atom. The molecule has 256 valence electrons. The fourth-order valence-electron chi connectivity index (χ4n) is 6.99. The lowest BCUT2D eigenvalue weighted by molar-refractivity contribution is -0.111. The Morgan fingerprint density at radius 3 is 2.48 bits per heavy atom. The van der Waals surface area contributed by atoms with Crippen LogP contribution in [0.2, 0.25) is 0 Å². The average molecular weight is 657 g/mol. The van der Waals surface area contributed by atoms with Crippen molar-refractivity contribution in [2.24, 2.45) is 0 Å². The molecule has 1 amide bonds. The van der Waals surface area contributed by atoms with Gasteiger partial charge in [0.15, 0.2) is 5.82 Å². The summed E-state index contributed by atoms with van der Waals surface area (Å²) in [5.74, 6) is 2.35. The molecule has 0 saturated carbocycles. The first-order valence-corrected chi connectivity index (χ1v) is 16.9. The van der Waals surface area contributed by atoms with E-state index in [0.29, 0.717) is 47.5 Å². The van der Waals surface area contributed by atoms with Crippen molar-refractivity contribution in [2.75, 3.05) is 80.7 Å². The molecule has 1 aromatic heterocycles. The normalized spacial score (nSPS) is 19.4. The quantitative estimate of drug-likeness (QED) is 0.265. The van der Waals surface area contributed by atoms with E-state index in [1.54, 1.807) is 14.2 Å². The fraction of sp³-hybridized carbons (Fsp3) is 0.472. The van der Waals surface area contributed by atoms with Crippen molar-refractivity contribution in [2.45, 2.75) is 51.2 Å². The molecule has 0 aliphatic carbocycles. The predicted octanol–water partition coefficient (Wildman–Crippen LogP) is 5.24. The van der Waals surface area contributed by atoms with Gasteiger partial charge in [-0.3, -0.25) is 19.4 Å². The molecule has 1 unspecified atom stereocenters. The molecule has 0 spiro atoms. The lowest BCUT2D eigenvalue weighted by Crippen LogP contribution is -2.54. The first-order chi connectivity index (χ1) is 23.4. The van der Waals surface area contributed by atoms with Gasteiger partial charge in [-0.25, -0.2) is 15.0 Å². The zero-order valence-electron chi connectivity index (χ0n) is 28.5. The summed E-state index contributed by atoms with van der Waals surface area (Å²) < 4.78 is 11.3. The van der Waals surface area contributed by atoms with Crippen LogP contribution in [0.25, 0.3) is 0 Å². The number of hydroxylamine groups is 1. The van der Waals surface area contributed by atoms with E-state index in [1.807, 2.05) is 41.5 Å². The number of carbonyl (C=O) groups is 1. The third-order valence-corrected chi connectivity index (χ3v) is 9.69. The third kappa shape index (κ3) is 7.51. The van der Waals surface area contributed by atoms with Crippen LogP contribution in [0.5, 0.6) is 11.5 Å². The highest BCUT2D eigenvalue weighted by Gasteiger charge is 2.31. The molecular weight excluding hydrogens is 608 g/mol. The number of aromatic nitrogens is 2. The van der Waals surface area contributed by atoms with E-state index in [9.17, 15) is 4.79 Å². The molecule has 6 rings (SSSR count). The van der Waals surface area contributed by atoms with Gasteiger partial charge in [0.05, 0.1) is 43.9 Å². The summed E-state index contributed by atoms with van der Waals surface area (Å²) >= 11 is 0. The first-order valence-electron chi connectivity index (χ1n) is 16.9. The minimum absolute atomic E-state index is 0.0221. The van der Waals surface area contributed by atoms with E-state index in [0.717, 1.165) is 75.5 Å². The van der Waals surface area contributed by atoms with E-state index < -0.39 is 0 Å². The van der Waals surface area contributed by atoms with Crippen LogP contribution in [-0.4, -0.2) is 97.9 Å². The lowest BCUT2D eigenvalue weighted by atomic mass is 10.0. The van der Waals surface area contributed by atoms with Crippen LogP contribution in [0, 0.1) is 0 Å². The second-order valence-electron chi connectivity index (χ2n) is 12.8. The average Bonchev–Trinajstić information content (AvgIpc) is 3.62. The second kappa shape index (κ2) is 15.2. The van der Waals surface area contributed by atoms with Gasteiger partial charge in [0, 0.05) is 69.9 Å². The summed E-state index contributed by atoms with van der Waals surface area (Å²) in [5.41, 5.74) is 3.35. The standard InChI is InChI=1S/C36H48N8O4/c1-6-36(45)40-29-21-30(33(47-5)22-32(29)43-13-10-27(11-14-43)42-17-15-41(16-18-42)25(2)3)39-34-23-35(38-24-37-34)44-31(12-19-48-44)26-8-7-9-28(20-26)46-4/h6-9,20-25,27,31H,1,10-19H2,2-5H3,(H,40,45)(H,37,38,39). The molecule has 3 aliphatic heterocycles. The van der Waals surface area contributed by atoms with Gasteiger partial charge in [0.25, 0.3) is 0 Å². The molecule has 48 heavy (non-hydrogen) atoms. The van der Waals surface area contributed by atoms with E-state index in [2.05, 4.69) is 61.8 Å². The minimum atomic E-state index is -0.274. The van der Waals surface area contributed by atoms with Gasteiger partial charge in [0.2, 0.25) is 5.91 Å². The van der Waals surface area contributed by atoms with Gasteiger partial charge < -0.3 is 25.0 Å². The second-order valence-corrected chi connectivity index (χ2v) is 12.8. The minimum Gasteiger partial charge on any atom is -0.497 e. The summed E-state index contributed by atoms with van der Waals surface area (Å²) in [6.45, 7) is 15.1. The number of hydrogen-bond acceptors (Lipinski definition) is 11. The van der Waals surface area contributed by atoms with Crippen LogP contribution in [0.3, 0.4) is 0 Å². The summed E-state index contributed by atoms with van der Waals surface area (Å²) in [6, 6.07) is 14.9. The highest BCUT2D eigenvalue weighted by atomic mass is 16.7. The molecule has 12 nitrogen and oxygen atoms in total. The fourth-order valence-corrected chi connectivity index (χ4v) is 6.99. The number of piperazine rings is 1. The molecule has 0 radical (unpaired) electrons. The number of carbonyl (C=O) groups excluding carboxylic acids is 1. The zero-order chi connectivity index (χ0) is 33.6. The highest BCUT2D eigenvalue weighted by Crippen LogP contribution is 2.41. The summed E-state index contributed by atoms with van der Waals surface area (Å²) in [7, 11) is 3.31. The van der Waals surface area contributed by atoms with Crippen molar-refractivity contribution < 1.29 is 19.1 Å². The number of ether oxygens (including phenoxy) is 2. The monoisotopic (exact) mass is 656 g/mol. The van der Waals surface area contributed by atoms with E-state index in [4.69, 9.17) is 14.3 Å². The van der Waals surface area contributed by atoms with Gasteiger partial charge in [-0.15, -0.1) is 0 Å². The van der Waals surface area contributed by atoms with E-state index in [1.165, 1.54) is 12.4 Å². The molecule has 1 atom stereocenters. The molecule has 3 fully saturated rings. The van der Waals surface area contributed by atoms with Crippen molar-refractivity contribution in [1.29, 1.82) is 0 Å². The van der Waals surface area contributed by atoms with Crippen molar-refractivity contribution in [3.63, 3.8) is 0 Å². The molecule has 4 heterocycles. The Hall–Kier alpha value is -4.39. The predicted molar refractivity (Wildman–Crippen MR) is 189 cm³/mol. The van der Waals surface area contributed by atoms with Crippen LogP contribution in [-0.2, 0) is 9.63 Å². The molecular formula is C36H48N8O4. The Bertz CT molecular complexity index is 1570. The van der Waals surface area contributed by atoms with Crippen LogP contribution in [0.15, 0.2) is 61.4 Å². The zero-order valence-corrected chi connectivity index (χ0v) is 28.5. The van der Waals surface area contributed by atoms with Gasteiger partial charge in [-0.2, -0.15) is 0 Å². The first kappa shape index (κ1) is 33.5. The number of piperidine rings is 1. The summed E-state index contributed by atoms with van der Waals surface area (Å²) in [6.07, 6.45) is 5.75. The maximum Gasteiger partial charge on any atom is 0.247 e. The number of rotatable bonds is 11. The number of amides is 1. The summed E-state index contributed by atoms with van der Waals surface area (Å²) in [5, 5.41) is 8.26. The van der Waals surface area contributed by atoms with Gasteiger partial charge in [-0.1, -0.05) is 18.7 Å². The Labute approximate surface area is 283 Å². The van der Waals surface area contributed by atoms with E-state index >= 15 is 0 Å². The number of hydrogen-bond donors (Lipinski definition) is 2. The van der Waals surface area contributed by atoms with Gasteiger partial charge >= 0.3 is 0 Å². The van der Waals surface area contributed by atoms with Crippen LogP contribution >= 0.6 is 0 Å². The lowest BCUT2D eigenvalue weighted by Gasteiger charge is -2.44. The number of nitrogens with zero attached hydrogens (tertiary/aromatic N) is 6. The Balaban J connectivity index is 1.20. The van der Waals surface area contributed by atoms with Gasteiger partial charge in [-0.05, 0) is 56.5 Å². The largest absolute Gasteiger partial charge is 0.497 e. The maximum absolute atomic E-state index is 12.6. The molecule has 2 N–H and O–H groups in total. The molecule has 3 aliphatic rings. The van der Waals surface area contributed by atoms with Crippen LogP contribution in [0.1, 0.15) is 44.7 Å². The Morgan fingerprint density at radius 1 is 0.979 bits per heavy atom. The van der Waals surface area contributed by atoms with Crippen LogP contribution in [0.4, 0.5) is 28.7 Å². The number of benzene rings is 2. The molecule has 2 aromatic carbocycles. The van der Waals surface area contributed by atoms with Crippen molar-refractivity contribution in [3.8, 4) is 11.5 Å². The third-order valence-electron chi connectivity index (χ3n) is 9.69. The topological polar surface area (TPSA) is 108 Å². The van der Waals surface area contributed by atoms with E-state index in [-0.39, 0.29) is 11.9 Å². The summed E-state index contributed by atoms with van der Waals surface area (Å²) in [4.78, 5) is 35.2. The van der Waals surface area contributed by atoms with Crippen molar-refractivity contribution >= 4 is 34.6 Å². The van der Waals surface area contributed by atoms with Crippen molar-refractivity contribution in [3.05, 3.63) is 67.0 Å². The molecule has 3 aromatic rings. The molecule has 12 heteroatoms. The highest BCUT2D eigenvalue weighted by molar-refractivity contribution is 6.02. The smallest absolute Gasteiger partial charge is 0.247 e. The van der Waals surface area contributed by atoms with Crippen molar-refractivity contribution in [1.82, 2.24) is 19.8 Å².